The van der Waals surface area contributed by atoms with Gasteiger partial charge in [0.15, 0.2) is 5.82 Å². The fraction of sp³-hybridized carbons (Fsp3) is 0.308. The number of anilines is 1. The van der Waals surface area contributed by atoms with E-state index in [0.29, 0.717) is 5.69 Å². The van der Waals surface area contributed by atoms with E-state index in [1.807, 2.05) is 0 Å². The van der Waals surface area contributed by atoms with Gasteiger partial charge in [-0.3, -0.25) is 9.71 Å². The Kier molecular flexibility index (Phi) is 3.42. The van der Waals surface area contributed by atoms with Crippen LogP contribution in [0, 0.1) is 5.82 Å². The molecule has 1 fully saturated rings. The summed E-state index contributed by atoms with van der Waals surface area (Å²) in [5, 5.41) is 9.30. The van der Waals surface area contributed by atoms with Crippen LogP contribution in [0.25, 0.3) is 0 Å². The highest BCUT2D eigenvalue weighted by Gasteiger charge is 2.28. The van der Waals surface area contributed by atoms with Crippen LogP contribution in [-0.2, 0) is 16.6 Å². The number of pyridine rings is 1. The van der Waals surface area contributed by atoms with Crippen LogP contribution in [0.15, 0.2) is 35.6 Å². The molecule has 1 aliphatic rings. The summed E-state index contributed by atoms with van der Waals surface area (Å²) >= 11 is 0. The van der Waals surface area contributed by atoms with Gasteiger partial charge in [-0.2, -0.15) is 0 Å². The van der Waals surface area contributed by atoms with Crippen LogP contribution in [0.1, 0.15) is 24.6 Å². The van der Waals surface area contributed by atoms with Gasteiger partial charge in [-0.25, -0.2) is 12.8 Å². The third kappa shape index (κ3) is 2.77. The number of aromatic nitrogens is 2. The van der Waals surface area contributed by atoms with Crippen molar-refractivity contribution >= 4 is 15.7 Å². The number of nitrogens with zero attached hydrogens (tertiary/aromatic N) is 2. The smallest absolute Gasteiger partial charge is 0.263 e. The van der Waals surface area contributed by atoms with Crippen LogP contribution < -0.4 is 4.72 Å². The van der Waals surface area contributed by atoms with Gasteiger partial charge in [-0.15, -0.1) is 0 Å². The molecule has 2 heterocycles. The Morgan fingerprint density at radius 3 is 2.86 bits per heavy atom. The van der Waals surface area contributed by atoms with Gasteiger partial charge in [0.05, 0.1) is 18.5 Å². The average molecular weight is 311 g/mol. The number of aliphatic hydroxyl groups is 1. The summed E-state index contributed by atoms with van der Waals surface area (Å²) in [7, 11) is -3.90. The van der Waals surface area contributed by atoms with E-state index in [4.69, 9.17) is 0 Å². The Balaban J connectivity index is 1.93. The molecule has 0 unspecified atom stereocenters. The molecule has 2 aromatic rings. The first kappa shape index (κ1) is 14.0. The normalized spacial score (nSPS) is 15.1. The first-order valence-electron chi connectivity index (χ1n) is 6.45. The Morgan fingerprint density at radius 2 is 2.24 bits per heavy atom. The summed E-state index contributed by atoms with van der Waals surface area (Å²) in [6.07, 6.45) is 5.65. The lowest BCUT2D eigenvalue weighted by atomic mass is 10.4. The number of nitrogens with one attached hydrogen (secondary N) is 1. The van der Waals surface area contributed by atoms with Crippen molar-refractivity contribution in [1.29, 1.82) is 0 Å². The Hall–Kier alpha value is -1.93. The third-order valence-electron chi connectivity index (χ3n) is 3.34. The Bertz CT molecular complexity index is 769. The third-order valence-corrected chi connectivity index (χ3v) is 4.67. The molecule has 6 nitrogen and oxygen atoms in total. The highest BCUT2D eigenvalue weighted by molar-refractivity contribution is 7.92. The van der Waals surface area contributed by atoms with Crippen LogP contribution in [0.5, 0.6) is 0 Å². The second-order valence-corrected chi connectivity index (χ2v) is 6.61. The summed E-state index contributed by atoms with van der Waals surface area (Å²) in [4.78, 5) is 3.57. The lowest BCUT2D eigenvalue weighted by Gasteiger charge is -2.06. The average Bonchev–Trinajstić information content (AvgIpc) is 3.19. The van der Waals surface area contributed by atoms with Crippen molar-refractivity contribution < 1.29 is 17.9 Å². The fourth-order valence-corrected chi connectivity index (χ4v) is 3.24. The SMILES string of the molecule is O=S(=O)(Nc1ccncc1F)c1cc(CO)n(C2CC2)c1. The lowest BCUT2D eigenvalue weighted by molar-refractivity contribution is 0.270. The van der Waals surface area contributed by atoms with E-state index in [9.17, 15) is 17.9 Å². The summed E-state index contributed by atoms with van der Waals surface area (Å²) < 4.78 is 42.0. The summed E-state index contributed by atoms with van der Waals surface area (Å²) in [5.74, 6) is -0.745. The maximum atomic E-state index is 13.5. The van der Waals surface area contributed by atoms with Gasteiger partial charge in [-0.05, 0) is 25.0 Å². The van der Waals surface area contributed by atoms with Gasteiger partial charge in [0.2, 0.25) is 0 Å². The Labute approximate surface area is 121 Å². The minimum absolute atomic E-state index is 0.00895. The molecule has 0 aromatic carbocycles. The predicted molar refractivity (Wildman–Crippen MR) is 73.6 cm³/mol. The molecule has 2 aromatic heterocycles. The second kappa shape index (κ2) is 5.12. The predicted octanol–water partition coefficient (Wildman–Crippen LogP) is 1.65. The minimum Gasteiger partial charge on any atom is -0.390 e. The van der Waals surface area contributed by atoms with Gasteiger partial charge in [0.25, 0.3) is 10.0 Å². The number of rotatable bonds is 5. The van der Waals surface area contributed by atoms with Crippen molar-refractivity contribution in [1.82, 2.24) is 9.55 Å². The summed E-state index contributed by atoms with van der Waals surface area (Å²) in [5.41, 5.74) is 0.378. The molecule has 2 N–H and O–H groups in total. The molecule has 1 aliphatic carbocycles. The molecule has 1 saturated carbocycles. The van der Waals surface area contributed by atoms with Crippen LogP contribution in [-0.4, -0.2) is 23.1 Å². The largest absolute Gasteiger partial charge is 0.390 e. The molecule has 112 valence electrons. The van der Waals surface area contributed by atoms with E-state index >= 15 is 0 Å². The number of sulfonamides is 1. The van der Waals surface area contributed by atoms with Crippen molar-refractivity contribution in [2.24, 2.45) is 0 Å². The lowest BCUT2D eigenvalue weighted by Crippen LogP contribution is -2.13. The topological polar surface area (TPSA) is 84.2 Å². The molecule has 21 heavy (non-hydrogen) atoms. The monoisotopic (exact) mass is 311 g/mol. The number of hydrogen-bond donors (Lipinski definition) is 2. The van der Waals surface area contributed by atoms with Gasteiger partial charge < -0.3 is 9.67 Å². The Morgan fingerprint density at radius 1 is 1.48 bits per heavy atom. The van der Waals surface area contributed by atoms with Crippen molar-refractivity contribution in [2.45, 2.75) is 30.4 Å². The molecular weight excluding hydrogens is 297 g/mol. The van der Waals surface area contributed by atoms with Crippen LogP contribution in [0.2, 0.25) is 0 Å². The van der Waals surface area contributed by atoms with Gasteiger partial charge >= 0.3 is 0 Å². The van der Waals surface area contributed by atoms with Gasteiger partial charge in [0.1, 0.15) is 4.90 Å². The molecule has 0 radical (unpaired) electrons. The minimum atomic E-state index is -3.90. The zero-order valence-corrected chi connectivity index (χ0v) is 11.8. The maximum Gasteiger partial charge on any atom is 0.263 e. The van der Waals surface area contributed by atoms with E-state index in [1.54, 1.807) is 4.57 Å². The molecule has 0 amide bonds. The van der Waals surface area contributed by atoms with Gasteiger partial charge in [0, 0.05) is 24.1 Å². The van der Waals surface area contributed by atoms with E-state index in [1.165, 1.54) is 24.5 Å². The number of hydrogen-bond acceptors (Lipinski definition) is 4. The molecule has 8 heteroatoms. The molecule has 0 saturated heterocycles. The zero-order chi connectivity index (χ0) is 15.0. The molecule has 0 atom stereocenters. The van der Waals surface area contributed by atoms with Crippen LogP contribution >= 0.6 is 0 Å². The number of halogens is 1. The van der Waals surface area contributed by atoms with Crippen molar-refractivity contribution in [3.05, 3.63) is 42.2 Å². The van der Waals surface area contributed by atoms with E-state index in [0.717, 1.165) is 19.0 Å². The quantitative estimate of drug-likeness (QED) is 0.879. The van der Waals surface area contributed by atoms with E-state index in [2.05, 4.69) is 9.71 Å². The molecule has 0 bridgehead atoms. The van der Waals surface area contributed by atoms with Crippen LogP contribution in [0.3, 0.4) is 0 Å². The molecule has 0 aliphatic heterocycles. The zero-order valence-electron chi connectivity index (χ0n) is 11.0. The summed E-state index contributed by atoms with van der Waals surface area (Å²) in [6.45, 7) is -0.240. The molecule has 0 spiro atoms. The first-order valence-corrected chi connectivity index (χ1v) is 7.93. The highest BCUT2D eigenvalue weighted by atomic mass is 32.2. The van der Waals surface area contributed by atoms with E-state index < -0.39 is 15.8 Å². The fourth-order valence-electron chi connectivity index (χ4n) is 2.12. The first-order chi connectivity index (χ1) is 10.0. The van der Waals surface area contributed by atoms with E-state index in [-0.39, 0.29) is 23.2 Å². The van der Waals surface area contributed by atoms with Crippen molar-refractivity contribution in [3.63, 3.8) is 0 Å². The standard InChI is InChI=1S/C13H14FN3O3S/c14-12-6-15-4-3-13(12)16-21(19,20)11-5-10(8-18)17(7-11)9-1-2-9/h3-7,9,18H,1-2,8H2,(H,15,16). The van der Waals surface area contributed by atoms with Crippen molar-refractivity contribution in [3.8, 4) is 0 Å². The second-order valence-electron chi connectivity index (χ2n) is 4.92. The van der Waals surface area contributed by atoms with Gasteiger partial charge in [-0.1, -0.05) is 0 Å². The van der Waals surface area contributed by atoms with Crippen LogP contribution in [0.4, 0.5) is 10.1 Å². The maximum absolute atomic E-state index is 13.5. The molecular formula is C13H14FN3O3S. The number of aliphatic hydroxyl groups excluding tert-OH is 1. The molecule has 3 rings (SSSR count). The summed E-state index contributed by atoms with van der Waals surface area (Å²) in [6, 6.07) is 2.89. The highest BCUT2D eigenvalue weighted by Crippen LogP contribution is 2.37. The van der Waals surface area contributed by atoms with Crippen molar-refractivity contribution in [2.75, 3.05) is 4.72 Å².